The molecule has 9 nitrogen and oxygen atoms in total. The quantitative estimate of drug-likeness (QED) is 0.340. The highest BCUT2D eigenvalue weighted by molar-refractivity contribution is 5.64. The first-order valence-corrected chi connectivity index (χ1v) is 10.1. The van der Waals surface area contributed by atoms with Crippen LogP contribution in [0.15, 0.2) is 34.9 Å². The maximum absolute atomic E-state index is 13.2. The second kappa shape index (κ2) is 6.33. The Morgan fingerprint density at radius 1 is 1.34 bits per heavy atom. The zero-order valence-electron chi connectivity index (χ0n) is 16.8. The number of pyridine rings is 1. The summed E-state index contributed by atoms with van der Waals surface area (Å²) in [5.74, 6) is -0.947. The fourth-order valence-electron chi connectivity index (χ4n) is 5.16. The summed E-state index contributed by atoms with van der Waals surface area (Å²) in [5.41, 5.74) is 0.0496. The molecule has 3 fully saturated rings. The van der Waals surface area contributed by atoms with Gasteiger partial charge in [0.05, 0.1) is 11.6 Å². The van der Waals surface area contributed by atoms with Crippen molar-refractivity contribution in [3.8, 4) is 5.75 Å². The SMILES string of the molecule is Cc1noc(N2C[C@@H]3CC[C@]4(C2)[C@H]3N4c2nc3c(O/C=C(\F)C(F)(F)F)cccn3n2)n1. The second-order valence-corrected chi connectivity index (χ2v) is 8.36. The van der Waals surface area contributed by atoms with E-state index in [-0.39, 0.29) is 29.2 Å². The second-order valence-electron chi connectivity index (χ2n) is 8.36. The lowest BCUT2D eigenvalue weighted by Gasteiger charge is -2.27. The van der Waals surface area contributed by atoms with Crippen molar-refractivity contribution in [3.63, 3.8) is 0 Å². The lowest BCUT2D eigenvalue weighted by atomic mass is 9.99. The fraction of sp³-hybridized carbons (Fsp3) is 0.474. The molecule has 3 atom stereocenters. The van der Waals surface area contributed by atoms with Gasteiger partial charge < -0.3 is 19.1 Å². The van der Waals surface area contributed by atoms with Gasteiger partial charge in [0.25, 0.3) is 0 Å². The molecule has 0 N–H and O–H groups in total. The van der Waals surface area contributed by atoms with Gasteiger partial charge in [-0.3, -0.25) is 0 Å². The Morgan fingerprint density at radius 3 is 2.94 bits per heavy atom. The first kappa shape index (κ1) is 19.3. The molecule has 3 aliphatic rings. The highest BCUT2D eigenvalue weighted by Gasteiger charge is 2.73. The van der Waals surface area contributed by atoms with Crippen molar-refractivity contribution in [2.24, 2.45) is 5.92 Å². The average molecular weight is 451 g/mol. The molecule has 13 heteroatoms. The molecule has 6 rings (SSSR count). The minimum Gasteiger partial charge on any atom is -0.458 e. The topological polar surface area (TPSA) is 84.6 Å². The smallest absolute Gasteiger partial charge is 0.446 e. The van der Waals surface area contributed by atoms with Gasteiger partial charge in [-0.25, -0.2) is 4.52 Å². The van der Waals surface area contributed by atoms with Gasteiger partial charge in [0.15, 0.2) is 17.2 Å². The van der Waals surface area contributed by atoms with Crippen molar-refractivity contribution in [1.29, 1.82) is 0 Å². The molecule has 1 saturated carbocycles. The number of rotatable bonds is 4. The van der Waals surface area contributed by atoms with Crippen LogP contribution >= 0.6 is 0 Å². The zero-order chi connectivity index (χ0) is 22.3. The average Bonchev–Trinajstić information content (AvgIpc) is 3.03. The van der Waals surface area contributed by atoms with E-state index >= 15 is 0 Å². The first-order chi connectivity index (χ1) is 15.3. The van der Waals surface area contributed by atoms with E-state index in [4.69, 9.17) is 9.26 Å². The van der Waals surface area contributed by atoms with Crippen LogP contribution in [0.5, 0.6) is 5.75 Å². The largest absolute Gasteiger partial charge is 0.458 e. The van der Waals surface area contributed by atoms with Crippen molar-refractivity contribution in [1.82, 2.24) is 24.7 Å². The van der Waals surface area contributed by atoms with E-state index in [1.54, 1.807) is 19.2 Å². The summed E-state index contributed by atoms with van der Waals surface area (Å²) in [6.45, 7) is 3.24. The van der Waals surface area contributed by atoms with E-state index in [0.29, 0.717) is 30.3 Å². The molecule has 32 heavy (non-hydrogen) atoms. The molecule has 2 bridgehead atoms. The predicted molar refractivity (Wildman–Crippen MR) is 102 cm³/mol. The molecule has 1 aliphatic carbocycles. The van der Waals surface area contributed by atoms with Gasteiger partial charge in [-0.1, -0.05) is 5.16 Å². The molecule has 0 aromatic carbocycles. The molecule has 0 amide bonds. The van der Waals surface area contributed by atoms with Crippen LogP contribution in [0.25, 0.3) is 5.65 Å². The lowest BCUT2D eigenvalue weighted by molar-refractivity contribution is -0.110. The van der Waals surface area contributed by atoms with Crippen LogP contribution in [0.1, 0.15) is 18.7 Å². The van der Waals surface area contributed by atoms with Crippen molar-refractivity contribution in [3.05, 3.63) is 36.2 Å². The number of ether oxygens (including phenoxy) is 1. The number of hydrogen-bond acceptors (Lipinski definition) is 8. The Labute approximate surface area is 178 Å². The molecule has 3 aromatic rings. The highest BCUT2D eigenvalue weighted by Crippen LogP contribution is 2.60. The van der Waals surface area contributed by atoms with Crippen LogP contribution < -0.4 is 14.5 Å². The number of nitrogens with zero attached hydrogens (tertiary/aromatic N) is 7. The third-order valence-electron chi connectivity index (χ3n) is 6.43. The lowest BCUT2D eigenvalue weighted by Crippen LogP contribution is -2.42. The molecule has 2 saturated heterocycles. The molecule has 2 aliphatic heterocycles. The van der Waals surface area contributed by atoms with Gasteiger partial charge in [-0.05, 0) is 37.8 Å². The van der Waals surface area contributed by atoms with Crippen molar-refractivity contribution in [2.75, 3.05) is 22.9 Å². The Morgan fingerprint density at radius 2 is 2.19 bits per heavy atom. The maximum Gasteiger partial charge on any atom is 0.446 e. The van der Waals surface area contributed by atoms with Crippen LogP contribution in [0.3, 0.4) is 0 Å². The van der Waals surface area contributed by atoms with Gasteiger partial charge >= 0.3 is 12.2 Å². The monoisotopic (exact) mass is 451 g/mol. The van der Waals surface area contributed by atoms with Crippen molar-refractivity contribution < 1.29 is 26.8 Å². The van der Waals surface area contributed by atoms with Gasteiger partial charge in [0.2, 0.25) is 11.8 Å². The summed E-state index contributed by atoms with van der Waals surface area (Å²) < 4.78 is 62.1. The van der Waals surface area contributed by atoms with Gasteiger partial charge in [0, 0.05) is 19.3 Å². The zero-order valence-corrected chi connectivity index (χ0v) is 16.8. The van der Waals surface area contributed by atoms with Crippen LogP contribution in [0, 0.1) is 12.8 Å². The van der Waals surface area contributed by atoms with E-state index < -0.39 is 12.0 Å². The number of piperidine rings is 2. The van der Waals surface area contributed by atoms with E-state index in [1.807, 2.05) is 0 Å². The Hall–Kier alpha value is -3.38. The van der Waals surface area contributed by atoms with Crippen LogP contribution in [0.4, 0.5) is 29.5 Å². The van der Waals surface area contributed by atoms with E-state index in [1.165, 1.54) is 10.6 Å². The van der Waals surface area contributed by atoms with Crippen molar-refractivity contribution in [2.45, 2.75) is 37.5 Å². The Kier molecular flexibility index (Phi) is 3.82. The summed E-state index contributed by atoms with van der Waals surface area (Å²) >= 11 is 0. The van der Waals surface area contributed by atoms with E-state index in [0.717, 1.165) is 19.4 Å². The number of aryl methyl sites for hydroxylation is 1. The first-order valence-electron chi connectivity index (χ1n) is 10.1. The normalized spacial score (nSPS) is 27.2. The molecule has 0 radical (unpaired) electrons. The van der Waals surface area contributed by atoms with Crippen molar-refractivity contribution >= 4 is 17.6 Å². The summed E-state index contributed by atoms with van der Waals surface area (Å²) in [6.07, 6.45) is -1.44. The molecule has 0 unspecified atom stereocenters. The summed E-state index contributed by atoms with van der Waals surface area (Å²) in [4.78, 5) is 13.1. The number of aromatic nitrogens is 5. The fourth-order valence-corrected chi connectivity index (χ4v) is 5.16. The molecule has 168 valence electrons. The highest BCUT2D eigenvalue weighted by atomic mass is 19.4. The van der Waals surface area contributed by atoms with Crippen LogP contribution in [-0.4, -0.2) is 55.6 Å². The Bertz CT molecular complexity index is 1240. The number of alkyl halides is 3. The van der Waals surface area contributed by atoms with Crippen LogP contribution in [-0.2, 0) is 0 Å². The minimum atomic E-state index is -5.11. The number of allylic oxidation sites excluding steroid dienone is 1. The summed E-state index contributed by atoms with van der Waals surface area (Å²) in [7, 11) is 0. The third-order valence-corrected chi connectivity index (χ3v) is 6.43. The molecular formula is C19H17F4N7O2. The standard InChI is InChI=1S/C19H17F4N7O2/c1-10-24-17(32-27-10)28-7-11-4-5-18(9-28)14(11)30(18)16-25-15-12(3-2-6-29(15)26-16)31-8-13(20)19(21,22)23/h2-3,6,8,11,14H,4-5,7,9H2,1H3/b13-8-/t11-,14-,18-,30?/m0/s1. The van der Waals surface area contributed by atoms with Gasteiger partial charge in [-0.15, -0.1) is 5.10 Å². The molecular weight excluding hydrogens is 434 g/mol. The third kappa shape index (κ3) is 2.76. The van der Waals surface area contributed by atoms with E-state index in [2.05, 4.69) is 30.0 Å². The number of hydrogen-bond donors (Lipinski definition) is 0. The maximum atomic E-state index is 13.2. The van der Waals surface area contributed by atoms with Crippen LogP contribution in [0.2, 0.25) is 0 Å². The number of halogens is 4. The van der Waals surface area contributed by atoms with Gasteiger partial charge in [-0.2, -0.15) is 27.5 Å². The molecule has 0 spiro atoms. The minimum absolute atomic E-state index is 0.0268. The molecule has 5 heterocycles. The predicted octanol–water partition coefficient (Wildman–Crippen LogP) is 3.03. The molecule has 3 aromatic heterocycles. The van der Waals surface area contributed by atoms with E-state index in [9.17, 15) is 17.6 Å². The Balaban J connectivity index is 1.29. The number of anilines is 2. The summed E-state index contributed by atoms with van der Waals surface area (Å²) in [6, 6.07) is 3.72. The number of fused-ring (bicyclic) bond motifs is 1. The summed E-state index contributed by atoms with van der Waals surface area (Å²) in [5, 5.41) is 8.37. The van der Waals surface area contributed by atoms with Gasteiger partial charge in [0.1, 0.15) is 6.26 Å².